The summed E-state index contributed by atoms with van der Waals surface area (Å²) in [5.41, 5.74) is 4.99. The summed E-state index contributed by atoms with van der Waals surface area (Å²) in [6.07, 6.45) is -2.63. The van der Waals surface area contributed by atoms with E-state index in [1.54, 1.807) is 6.07 Å². The van der Waals surface area contributed by atoms with Crippen molar-refractivity contribution in [2.75, 3.05) is 5.73 Å². The lowest BCUT2D eigenvalue weighted by Gasteiger charge is -2.01. The van der Waals surface area contributed by atoms with Gasteiger partial charge >= 0.3 is 0 Å². The molecule has 0 spiro atoms. The highest BCUT2D eigenvalue weighted by Crippen LogP contribution is 2.37. The van der Waals surface area contributed by atoms with Crippen LogP contribution >= 0.6 is 11.3 Å². The van der Waals surface area contributed by atoms with E-state index in [-0.39, 0.29) is 16.6 Å². The molecule has 1 heterocycles. The molecule has 0 atom stereocenters. The van der Waals surface area contributed by atoms with Gasteiger partial charge in [0.2, 0.25) is 5.13 Å². The molecule has 1 aromatic carbocycles. The van der Waals surface area contributed by atoms with Crippen LogP contribution in [0.4, 0.5) is 18.9 Å². The Morgan fingerprint density at radius 1 is 1.29 bits per heavy atom. The first kappa shape index (κ1) is 9.33. The molecule has 0 saturated carbocycles. The smallest absolute Gasteiger partial charge is 0.264 e. The number of anilines is 1. The Bertz CT molecular complexity index is 478. The van der Waals surface area contributed by atoms with E-state index in [1.807, 2.05) is 0 Å². The highest BCUT2D eigenvalue weighted by Gasteiger charge is 2.17. The molecule has 1 aromatic heterocycles. The Labute approximate surface area is 82.0 Å². The van der Waals surface area contributed by atoms with Crippen LogP contribution in [0.5, 0.6) is 0 Å². The van der Waals surface area contributed by atoms with Gasteiger partial charge in [0.25, 0.3) is 6.43 Å². The lowest BCUT2D eigenvalue weighted by Crippen LogP contribution is -1.90. The number of alkyl halides is 2. The van der Waals surface area contributed by atoms with Gasteiger partial charge in [-0.25, -0.2) is 8.78 Å². The number of thiophene rings is 1. The average molecular weight is 217 g/mol. The zero-order valence-corrected chi connectivity index (χ0v) is 7.75. The summed E-state index contributed by atoms with van der Waals surface area (Å²) < 4.78 is 38.5. The molecule has 0 amide bonds. The Morgan fingerprint density at radius 2 is 2.00 bits per heavy atom. The highest BCUT2D eigenvalue weighted by molar-refractivity contribution is 7.18. The number of hydrogen-bond donors (Lipinski definition) is 1. The van der Waals surface area contributed by atoms with Crippen LogP contribution in [-0.4, -0.2) is 0 Å². The normalized spacial score (nSPS) is 11.4. The zero-order chi connectivity index (χ0) is 10.3. The predicted octanol–water partition coefficient (Wildman–Crippen LogP) is 3.56. The third-order valence-electron chi connectivity index (χ3n) is 1.97. The summed E-state index contributed by atoms with van der Waals surface area (Å²) in [6, 6.07) is 4.31. The summed E-state index contributed by atoms with van der Waals surface area (Å²) in [5.74, 6) is 0. The van der Waals surface area contributed by atoms with E-state index in [9.17, 15) is 13.2 Å². The van der Waals surface area contributed by atoms with Crippen LogP contribution in [0.1, 0.15) is 12.0 Å². The van der Waals surface area contributed by atoms with Gasteiger partial charge in [0.05, 0.1) is 5.69 Å². The van der Waals surface area contributed by atoms with E-state index >= 15 is 0 Å². The molecule has 0 bridgehead atoms. The molecule has 0 aliphatic rings. The fourth-order valence-corrected chi connectivity index (χ4v) is 2.23. The summed E-state index contributed by atoms with van der Waals surface area (Å²) in [7, 11) is 0. The topological polar surface area (TPSA) is 26.0 Å². The molecule has 2 rings (SSSR count). The van der Waals surface area contributed by atoms with Crippen LogP contribution in [0.15, 0.2) is 18.2 Å². The zero-order valence-electron chi connectivity index (χ0n) is 6.93. The third-order valence-corrected chi connectivity index (χ3v) is 2.93. The van der Waals surface area contributed by atoms with Crippen LogP contribution in [0.25, 0.3) is 10.1 Å². The van der Waals surface area contributed by atoms with Crippen molar-refractivity contribution in [3.05, 3.63) is 28.9 Å². The molecule has 1 nitrogen and oxygen atoms in total. The number of fused-ring (bicyclic) bond motifs is 1. The SMILES string of the molecule is Nc1c(F)sc2cccc(C(F)F)c12. The number of nitrogens with two attached hydrogens (primary N) is 1. The summed E-state index contributed by atoms with van der Waals surface area (Å²) in [4.78, 5) is 0. The highest BCUT2D eigenvalue weighted by atomic mass is 32.1. The Kier molecular flexibility index (Phi) is 2.11. The molecular formula is C9H6F3NS. The van der Waals surface area contributed by atoms with Crippen molar-refractivity contribution in [3.8, 4) is 0 Å². The van der Waals surface area contributed by atoms with Crippen molar-refractivity contribution in [2.24, 2.45) is 0 Å². The van der Waals surface area contributed by atoms with Gasteiger partial charge in [-0.05, 0) is 6.07 Å². The van der Waals surface area contributed by atoms with Crippen LogP contribution in [0.3, 0.4) is 0 Å². The molecular weight excluding hydrogens is 211 g/mol. The molecule has 74 valence electrons. The second kappa shape index (κ2) is 3.16. The first-order valence-electron chi connectivity index (χ1n) is 3.86. The molecule has 0 unspecified atom stereocenters. The van der Waals surface area contributed by atoms with Gasteiger partial charge in [-0.15, -0.1) is 11.3 Å². The van der Waals surface area contributed by atoms with Gasteiger partial charge < -0.3 is 5.73 Å². The van der Waals surface area contributed by atoms with Crippen LogP contribution in [-0.2, 0) is 0 Å². The lowest BCUT2D eigenvalue weighted by molar-refractivity contribution is 0.153. The third kappa shape index (κ3) is 1.24. The fourth-order valence-electron chi connectivity index (χ4n) is 1.35. The van der Waals surface area contributed by atoms with Crippen LogP contribution in [0, 0.1) is 5.13 Å². The number of hydrogen-bond acceptors (Lipinski definition) is 2. The van der Waals surface area contributed by atoms with Crippen LogP contribution in [0.2, 0.25) is 0 Å². The summed E-state index contributed by atoms with van der Waals surface area (Å²) in [6.45, 7) is 0. The van der Waals surface area contributed by atoms with Crippen molar-refractivity contribution in [1.82, 2.24) is 0 Å². The second-order valence-electron chi connectivity index (χ2n) is 2.81. The van der Waals surface area contributed by atoms with Gasteiger partial charge in [0.15, 0.2) is 0 Å². The molecule has 0 radical (unpaired) electrons. The first-order valence-corrected chi connectivity index (χ1v) is 4.67. The van der Waals surface area contributed by atoms with E-state index in [2.05, 4.69) is 0 Å². The Balaban J connectivity index is 2.84. The number of benzene rings is 1. The number of nitrogen functional groups attached to an aromatic ring is 1. The number of halogens is 3. The molecule has 2 aromatic rings. The molecule has 0 aliphatic carbocycles. The van der Waals surface area contributed by atoms with E-state index in [1.165, 1.54) is 12.1 Å². The van der Waals surface area contributed by atoms with E-state index in [0.717, 1.165) is 11.3 Å². The van der Waals surface area contributed by atoms with Crippen molar-refractivity contribution < 1.29 is 13.2 Å². The fraction of sp³-hybridized carbons (Fsp3) is 0.111. The number of rotatable bonds is 1. The Hall–Kier alpha value is -1.23. The van der Waals surface area contributed by atoms with Gasteiger partial charge in [0.1, 0.15) is 0 Å². The van der Waals surface area contributed by atoms with Crippen molar-refractivity contribution in [2.45, 2.75) is 6.43 Å². The van der Waals surface area contributed by atoms with Gasteiger partial charge in [-0.3, -0.25) is 0 Å². The van der Waals surface area contributed by atoms with Crippen molar-refractivity contribution in [1.29, 1.82) is 0 Å². The van der Waals surface area contributed by atoms with E-state index < -0.39 is 11.6 Å². The minimum absolute atomic E-state index is 0.144. The van der Waals surface area contributed by atoms with E-state index in [4.69, 9.17) is 5.73 Å². The molecule has 0 fully saturated rings. The molecule has 5 heteroatoms. The molecule has 0 saturated heterocycles. The standard InChI is InChI=1S/C9H6F3NS/c10-8(11)4-2-1-3-5-6(4)7(13)9(12)14-5/h1-3,8H,13H2. The quantitative estimate of drug-likeness (QED) is 0.776. The first-order chi connectivity index (χ1) is 6.61. The van der Waals surface area contributed by atoms with Gasteiger partial charge in [0, 0.05) is 15.6 Å². The van der Waals surface area contributed by atoms with Gasteiger partial charge in [-0.1, -0.05) is 12.1 Å². The summed E-state index contributed by atoms with van der Waals surface area (Å²) in [5, 5.41) is -0.460. The minimum Gasteiger partial charge on any atom is -0.395 e. The summed E-state index contributed by atoms with van der Waals surface area (Å²) >= 11 is 0.785. The maximum atomic E-state index is 13.0. The average Bonchev–Trinajstić information content (AvgIpc) is 2.43. The molecule has 2 N–H and O–H groups in total. The van der Waals surface area contributed by atoms with Crippen molar-refractivity contribution >= 4 is 27.1 Å². The van der Waals surface area contributed by atoms with Crippen LogP contribution < -0.4 is 5.73 Å². The molecule has 14 heavy (non-hydrogen) atoms. The minimum atomic E-state index is -2.63. The van der Waals surface area contributed by atoms with Crippen molar-refractivity contribution in [3.63, 3.8) is 0 Å². The van der Waals surface area contributed by atoms with Gasteiger partial charge in [-0.2, -0.15) is 4.39 Å². The van der Waals surface area contributed by atoms with E-state index in [0.29, 0.717) is 4.70 Å². The predicted molar refractivity (Wildman–Crippen MR) is 51.2 cm³/mol. The second-order valence-corrected chi connectivity index (χ2v) is 3.81. The maximum absolute atomic E-state index is 13.0. The Morgan fingerprint density at radius 3 is 2.64 bits per heavy atom. The monoisotopic (exact) mass is 217 g/mol. The molecule has 0 aliphatic heterocycles. The lowest BCUT2D eigenvalue weighted by atomic mass is 10.1. The maximum Gasteiger partial charge on any atom is 0.264 e. The largest absolute Gasteiger partial charge is 0.395 e.